The van der Waals surface area contributed by atoms with Crippen LogP contribution in [0.4, 0.5) is 8.78 Å². The van der Waals surface area contributed by atoms with Gasteiger partial charge in [0, 0.05) is 11.1 Å². The summed E-state index contributed by atoms with van der Waals surface area (Å²) >= 11 is 5.77. The van der Waals surface area contributed by atoms with Gasteiger partial charge in [-0.1, -0.05) is 35.9 Å². The van der Waals surface area contributed by atoms with Crippen LogP contribution in [0.25, 0.3) is 0 Å². The Bertz CT molecular complexity index is 588. The molecular formula is C14H11ClF2O2. The molecule has 0 aliphatic heterocycles. The van der Waals surface area contributed by atoms with Crippen LogP contribution >= 0.6 is 11.6 Å². The lowest BCUT2D eigenvalue weighted by Crippen LogP contribution is -2.02. The van der Waals surface area contributed by atoms with E-state index < -0.39 is 11.6 Å². The molecule has 0 radical (unpaired) electrons. The zero-order chi connectivity index (χ0) is 13.8. The van der Waals surface area contributed by atoms with Crippen molar-refractivity contribution >= 4 is 11.6 Å². The monoisotopic (exact) mass is 284 g/mol. The summed E-state index contributed by atoms with van der Waals surface area (Å²) in [5.74, 6) is -1.19. The van der Waals surface area contributed by atoms with E-state index in [1.165, 1.54) is 24.3 Å². The topological polar surface area (TPSA) is 29.5 Å². The standard InChI is InChI=1S/C14H11ClF2O2/c15-13-10(4-2-5-11(13)16)8-19-14-9(7-18)3-1-6-12(14)17/h1-6,18H,7-8H2. The maximum atomic E-state index is 13.6. The van der Waals surface area contributed by atoms with Crippen molar-refractivity contribution in [2.75, 3.05) is 0 Å². The van der Waals surface area contributed by atoms with Crippen LogP contribution in [-0.4, -0.2) is 5.11 Å². The van der Waals surface area contributed by atoms with Crippen LogP contribution in [0.15, 0.2) is 36.4 Å². The predicted octanol–water partition coefficient (Wildman–Crippen LogP) is 3.69. The summed E-state index contributed by atoms with van der Waals surface area (Å²) in [6.07, 6.45) is 0. The zero-order valence-corrected chi connectivity index (χ0v) is 10.6. The third-order valence-corrected chi connectivity index (χ3v) is 3.05. The van der Waals surface area contributed by atoms with Gasteiger partial charge in [0.2, 0.25) is 0 Å². The third kappa shape index (κ3) is 3.03. The fraction of sp³-hybridized carbons (Fsp3) is 0.143. The van der Waals surface area contributed by atoms with E-state index in [9.17, 15) is 8.78 Å². The minimum atomic E-state index is -0.584. The summed E-state index contributed by atoms with van der Waals surface area (Å²) in [4.78, 5) is 0. The second-order valence-electron chi connectivity index (χ2n) is 3.89. The number of benzene rings is 2. The average molecular weight is 285 g/mol. The lowest BCUT2D eigenvalue weighted by atomic mass is 10.2. The Morgan fingerprint density at radius 1 is 1.00 bits per heavy atom. The fourth-order valence-electron chi connectivity index (χ4n) is 1.65. The largest absolute Gasteiger partial charge is 0.485 e. The molecule has 5 heteroatoms. The molecule has 0 bridgehead atoms. The first-order valence-corrected chi connectivity index (χ1v) is 5.95. The molecule has 1 N–H and O–H groups in total. The molecule has 2 aromatic carbocycles. The molecule has 0 aliphatic rings. The third-order valence-electron chi connectivity index (χ3n) is 2.62. The highest BCUT2D eigenvalue weighted by Crippen LogP contribution is 2.26. The van der Waals surface area contributed by atoms with Crippen LogP contribution < -0.4 is 4.74 Å². The van der Waals surface area contributed by atoms with Gasteiger partial charge >= 0.3 is 0 Å². The van der Waals surface area contributed by atoms with E-state index in [0.717, 1.165) is 0 Å². The Kier molecular flexibility index (Phi) is 4.35. The van der Waals surface area contributed by atoms with Crippen LogP contribution in [0, 0.1) is 11.6 Å². The average Bonchev–Trinajstić information content (AvgIpc) is 2.41. The highest BCUT2D eigenvalue weighted by molar-refractivity contribution is 6.31. The van der Waals surface area contributed by atoms with Gasteiger partial charge < -0.3 is 9.84 Å². The molecule has 0 amide bonds. The Hall–Kier alpha value is -1.65. The maximum absolute atomic E-state index is 13.6. The number of aliphatic hydroxyl groups is 1. The highest BCUT2D eigenvalue weighted by atomic mass is 35.5. The smallest absolute Gasteiger partial charge is 0.165 e. The van der Waals surface area contributed by atoms with Crippen molar-refractivity contribution in [3.8, 4) is 5.75 Å². The van der Waals surface area contributed by atoms with E-state index in [0.29, 0.717) is 11.1 Å². The molecule has 0 saturated heterocycles. The summed E-state index contributed by atoms with van der Waals surface area (Å²) in [7, 11) is 0. The van der Waals surface area contributed by atoms with Crippen molar-refractivity contribution in [3.05, 3.63) is 64.2 Å². The Morgan fingerprint density at radius 3 is 2.32 bits per heavy atom. The molecule has 0 aliphatic carbocycles. The molecule has 100 valence electrons. The number of rotatable bonds is 4. The summed E-state index contributed by atoms with van der Waals surface area (Å²) in [5.41, 5.74) is 0.737. The number of halogens is 3. The van der Waals surface area contributed by atoms with E-state index >= 15 is 0 Å². The summed E-state index contributed by atoms with van der Waals surface area (Å²) in [5, 5.41) is 9.05. The molecule has 0 aromatic heterocycles. The lowest BCUT2D eigenvalue weighted by Gasteiger charge is -2.12. The van der Waals surface area contributed by atoms with Crippen LogP contribution in [-0.2, 0) is 13.2 Å². The van der Waals surface area contributed by atoms with Gasteiger partial charge in [0.25, 0.3) is 0 Å². The maximum Gasteiger partial charge on any atom is 0.165 e. The molecule has 0 fully saturated rings. The van der Waals surface area contributed by atoms with Gasteiger partial charge in [-0.3, -0.25) is 0 Å². The Balaban J connectivity index is 2.21. The van der Waals surface area contributed by atoms with Crippen molar-refractivity contribution in [1.29, 1.82) is 0 Å². The molecular weight excluding hydrogens is 274 g/mol. The van der Waals surface area contributed by atoms with Crippen molar-refractivity contribution < 1.29 is 18.6 Å². The number of hydrogen-bond donors (Lipinski definition) is 1. The molecule has 2 nitrogen and oxygen atoms in total. The van der Waals surface area contributed by atoms with Crippen molar-refractivity contribution in [1.82, 2.24) is 0 Å². The van der Waals surface area contributed by atoms with Crippen LogP contribution in [0.3, 0.4) is 0 Å². The molecule has 19 heavy (non-hydrogen) atoms. The Labute approximate surface area is 114 Å². The first-order chi connectivity index (χ1) is 9.13. The molecule has 0 saturated carbocycles. The van der Waals surface area contributed by atoms with Crippen LogP contribution in [0.2, 0.25) is 5.02 Å². The summed E-state index contributed by atoms with van der Waals surface area (Å²) in [6, 6.07) is 8.56. The van der Waals surface area contributed by atoms with Gasteiger partial charge in [-0.2, -0.15) is 0 Å². The number of aliphatic hydroxyl groups excluding tert-OH is 1. The second-order valence-corrected chi connectivity index (χ2v) is 4.27. The van der Waals surface area contributed by atoms with Crippen molar-refractivity contribution in [2.45, 2.75) is 13.2 Å². The number of ether oxygens (including phenoxy) is 1. The first-order valence-electron chi connectivity index (χ1n) is 5.57. The van der Waals surface area contributed by atoms with Crippen LogP contribution in [0.5, 0.6) is 5.75 Å². The van der Waals surface area contributed by atoms with E-state index in [4.69, 9.17) is 21.4 Å². The minimum absolute atomic E-state index is 0.0506. The highest BCUT2D eigenvalue weighted by Gasteiger charge is 2.11. The summed E-state index contributed by atoms with van der Waals surface area (Å²) < 4.78 is 32.1. The SMILES string of the molecule is OCc1cccc(F)c1OCc1cccc(F)c1Cl. The van der Waals surface area contributed by atoms with Gasteiger partial charge in [-0.05, 0) is 12.1 Å². The molecule has 2 rings (SSSR count). The molecule has 0 spiro atoms. The van der Waals surface area contributed by atoms with Gasteiger partial charge in [0.1, 0.15) is 12.4 Å². The zero-order valence-electron chi connectivity index (χ0n) is 9.87. The Morgan fingerprint density at radius 2 is 1.63 bits per heavy atom. The van der Waals surface area contributed by atoms with Crippen LogP contribution in [0.1, 0.15) is 11.1 Å². The van der Waals surface area contributed by atoms with E-state index in [-0.39, 0.29) is 24.0 Å². The first kappa shape index (κ1) is 13.8. The lowest BCUT2D eigenvalue weighted by molar-refractivity contribution is 0.251. The molecule has 0 atom stereocenters. The van der Waals surface area contributed by atoms with Crippen molar-refractivity contribution in [3.63, 3.8) is 0 Å². The van der Waals surface area contributed by atoms with Gasteiger partial charge in [-0.25, -0.2) is 8.78 Å². The minimum Gasteiger partial charge on any atom is -0.485 e. The molecule has 0 heterocycles. The fourth-order valence-corrected chi connectivity index (χ4v) is 1.83. The predicted molar refractivity (Wildman–Crippen MR) is 68.1 cm³/mol. The number of para-hydroxylation sites is 1. The van der Waals surface area contributed by atoms with Crippen molar-refractivity contribution in [2.24, 2.45) is 0 Å². The normalized spacial score (nSPS) is 10.5. The van der Waals surface area contributed by atoms with E-state index in [1.54, 1.807) is 12.1 Å². The molecule has 0 unspecified atom stereocenters. The molecule has 2 aromatic rings. The van der Waals surface area contributed by atoms with Gasteiger partial charge in [0.05, 0.1) is 11.6 Å². The van der Waals surface area contributed by atoms with Gasteiger partial charge in [-0.15, -0.1) is 0 Å². The quantitative estimate of drug-likeness (QED) is 0.928. The van der Waals surface area contributed by atoms with Gasteiger partial charge in [0.15, 0.2) is 11.6 Å². The second kappa shape index (κ2) is 5.99. The van der Waals surface area contributed by atoms with E-state index in [2.05, 4.69) is 0 Å². The summed E-state index contributed by atoms with van der Waals surface area (Å²) in [6.45, 7) is -0.422. The number of hydrogen-bond acceptors (Lipinski definition) is 2. The van der Waals surface area contributed by atoms with E-state index in [1.807, 2.05) is 0 Å².